The molecule has 1 aromatic rings. The largest absolute Gasteiger partial charge is 0.475 e. The maximum atomic E-state index is 10.4. The number of hydrogen-bond acceptors (Lipinski definition) is 4. The fraction of sp³-hybridized carbons (Fsp3) is 0.375. The van der Waals surface area contributed by atoms with Crippen molar-refractivity contribution in [3.8, 4) is 0 Å². The molecule has 5 heteroatoms. The Morgan fingerprint density at radius 2 is 2.31 bits per heavy atom. The summed E-state index contributed by atoms with van der Waals surface area (Å²) in [6.45, 7) is 4.05. The average molecular weight is 201 g/mol. The first-order valence-electron chi connectivity index (χ1n) is 3.84. The zero-order chi connectivity index (χ0) is 9.84. The molecule has 0 radical (unpaired) electrons. The monoisotopic (exact) mass is 201 g/mol. The molecule has 2 N–H and O–H groups in total. The summed E-state index contributed by atoms with van der Waals surface area (Å²) >= 11 is 1.47. The molecule has 1 heterocycles. The molecule has 0 atom stereocenters. The lowest BCUT2D eigenvalue weighted by Gasteiger charge is -2.03. The number of rotatable bonds is 4. The molecule has 0 fully saturated rings. The first kappa shape index (κ1) is 9.98. The third-order valence-corrected chi connectivity index (χ3v) is 2.00. The van der Waals surface area contributed by atoms with Gasteiger partial charge in [-0.1, -0.05) is 13.8 Å². The summed E-state index contributed by atoms with van der Waals surface area (Å²) in [7, 11) is 0. The molecule has 0 aliphatic rings. The second-order valence-electron chi connectivity index (χ2n) is 2.74. The summed E-state index contributed by atoms with van der Waals surface area (Å²) in [4.78, 5) is 10.4. The van der Waals surface area contributed by atoms with E-state index in [1.165, 1.54) is 18.0 Å². The van der Waals surface area contributed by atoms with E-state index in [4.69, 9.17) is 9.52 Å². The molecule has 1 aromatic heterocycles. The summed E-state index contributed by atoms with van der Waals surface area (Å²) in [5.41, 5.74) is 0. The maximum absolute atomic E-state index is 10.4. The van der Waals surface area contributed by atoms with Gasteiger partial charge in [-0.05, 0) is 18.0 Å². The zero-order valence-electron chi connectivity index (χ0n) is 7.40. The molecule has 72 valence electrons. The molecular formula is C8H11NO3S. The van der Waals surface area contributed by atoms with Gasteiger partial charge in [0, 0.05) is 11.3 Å². The SMILES string of the molecule is CC(C)SNc1ccc(C(=O)O)o1. The molecule has 13 heavy (non-hydrogen) atoms. The minimum atomic E-state index is -1.05. The maximum Gasteiger partial charge on any atom is 0.371 e. The first-order chi connectivity index (χ1) is 6.09. The highest BCUT2D eigenvalue weighted by molar-refractivity contribution is 8.01. The highest BCUT2D eigenvalue weighted by Crippen LogP contribution is 2.19. The van der Waals surface area contributed by atoms with Crippen LogP contribution in [-0.4, -0.2) is 16.3 Å². The second kappa shape index (κ2) is 4.23. The topological polar surface area (TPSA) is 62.5 Å². The summed E-state index contributed by atoms with van der Waals surface area (Å²) < 4.78 is 7.87. The molecule has 0 aliphatic heterocycles. The van der Waals surface area contributed by atoms with Gasteiger partial charge in [-0.3, -0.25) is 4.72 Å². The van der Waals surface area contributed by atoms with Crippen LogP contribution in [0.4, 0.5) is 5.88 Å². The van der Waals surface area contributed by atoms with Crippen LogP contribution in [0.25, 0.3) is 0 Å². The molecule has 1 rings (SSSR count). The number of hydrogen-bond donors (Lipinski definition) is 2. The van der Waals surface area contributed by atoms with Crippen molar-refractivity contribution in [2.75, 3.05) is 4.72 Å². The van der Waals surface area contributed by atoms with Crippen LogP contribution in [0.5, 0.6) is 0 Å². The van der Waals surface area contributed by atoms with E-state index in [0.29, 0.717) is 11.1 Å². The number of nitrogens with one attached hydrogen (secondary N) is 1. The highest BCUT2D eigenvalue weighted by atomic mass is 32.2. The van der Waals surface area contributed by atoms with E-state index in [9.17, 15) is 4.79 Å². The van der Waals surface area contributed by atoms with Crippen molar-refractivity contribution in [2.45, 2.75) is 19.1 Å². The average Bonchev–Trinajstić information content (AvgIpc) is 2.48. The van der Waals surface area contributed by atoms with Crippen LogP contribution < -0.4 is 4.72 Å². The molecular weight excluding hydrogens is 190 g/mol. The minimum Gasteiger partial charge on any atom is -0.475 e. The molecule has 0 amide bonds. The van der Waals surface area contributed by atoms with Crippen molar-refractivity contribution in [3.63, 3.8) is 0 Å². The Bertz CT molecular complexity index is 295. The number of furan rings is 1. The smallest absolute Gasteiger partial charge is 0.371 e. The molecule has 0 bridgehead atoms. The van der Waals surface area contributed by atoms with Crippen LogP contribution in [0.2, 0.25) is 0 Å². The second-order valence-corrected chi connectivity index (χ2v) is 4.12. The Kier molecular flexibility index (Phi) is 3.25. The predicted molar refractivity (Wildman–Crippen MR) is 52.0 cm³/mol. The van der Waals surface area contributed by atoms with Gasteiger partial charge in [0.05, 0.1) is 0 Å². The normalized spacial score (nSPS) is 10.4. The summed E-state index contributed by atoms with van der Waals surface area (Å²) in [6, 6.07) is 3.02. The highest BCUT2D eigenvalue weighted by Gasteiger charge is 2.08. The van der Waals surface area contributed by atoms with Gasteiger partial charge >= 0.3 is 5.97 Å². The van der Waals surface area contributed by atoms with Crippen molar-refractivity contribution in [3.05, 3.63) is 17.9 Å². The Hall–Kier alpha value is -1.10. The Morgan fingerprint density at radius 3 is 2.77 bits per heavy atom. The van der Waals surface area contributed by atoms with Crippen LogP contribution >= 0.6 is 11.9 Å². The van der Waals surface area contributed by atoms with E-state index < -0.39 is 5.97 Å². The van der Waals surface area contributed by atoms with Crippen LogP contribution in [0.3, 0.4) is 0 Å². The standard InChI is InChI=1S/C8H11NO3S/c1-5(2)13-9-7-4-3-6(12-7)8(10)11/h3-5,9H,1-2H3,(H,10,11). The van der Waals surface area contributed by atoms with E-state index in [2.05, 4.69) is 4.72 Å². The van der Waals surface area contributed by atoms with Gasteiger partial charge in [-0.15, -0.1) is 0 Å². The fourth-order valence-corrected chi connectivity index (χ4v) is 1.15. The number of anilines is 1. The minimum absolute atomic E-state index is 0.0492. The molecule has 0 saturated carbocycles. The molecule has 0 saturated heterocycles. The summed E-state index contributed by atoms with van der Waals surface area (Å²) in [6.07, 6.45) is 0. The van der Waals surface area contributed by atoms with Gasteiger partial charge in [-0.25, -0.2) is 4.79 Å². The van der Waals surface area contributed by atoms with Crippen LogP contribution in [-0.2, 0) is 0 Å². The molecule has 0 unspecified atom stereocenters. The van der Waals surface area contributed by atoms with Gasteiger partial charge in [0.15, 0.2) is 0 Å². The van der Waals surface area contributed by atoms with E-state index in [1.54, 1.807) is 6.07 Å². The fourth-order valence-electron chi connectivity index (χ4n) is 0.684. The number of carboxylic acids is 1. The Labute approximate surface area is 80.4 Å². The van der Waals surface area contributed by atoms with Crippen LogP contribution in [0, 0.1) is 0 Å². The quantitative estimate of drug-likeness (QED) is 0.732. The van der Waals surface area contributed by atoms with Crippen molar-refractivity contribution in [2.24, 2.45) is 0 Å². The predicted octanol–water partition coefficient (Wildman–Crippen LogP) is 2.45. The summed E-state index contributed by atoms with van der Waals surface area (Å²) in [5.74, 6) is -0.634. The lowest BCUT2D eigenvalue weighted by molar-refractivity contribution is 0.0663. The van der Waals surface area contributed by atoms with Gasteiger partial charge < -0.3 is 9.52 Å². The van der Waals surface area contributed by atoms with Crippen molar-refractivity contribution in [1.82, 2.24) is 0 Å². The number of aromatic carboxylic acids is 1. The molecule has 4 nitrogen and oxygen atoms in total. The number of carbonyl (C=O) groups is 1. The summed E-state index contributed by atoms with van der Waals surface area (Å²) in [5, 5.41) is 8.96. The van der Waals surface area contributed by atoms with Crippen LogP contribution in [0.15, 0.2) is 16.5 Å². The van der Waals surface area contributed by atoms with Gasteiger partial charge in [0.2, 0.25) is 11.6 Å². The van der Waals surface area contributed by atoms with E-state index in [1.807, 2.05) is 13.8 Å². The Balaban J connectivity index is 2.54. The number of carboxylic acid groups (broad SMARTS) is 1. The van der Waals surface area contributed by atoms with Crippen molar-refractivity contribution < 1.29 is 14.3 Å². The van der Waals surface area contributed by atoms with E-state index >= 15 is 0 Å². The van der Waals surface area contributed by atoms with E-state index in [0.717, 1.165) is 0 Å². The van der Waals surface area contributed by atoms with Gasteiger partial charge in [0.25, 0.3) is 0 Å². The molecule has 0 aliphatic carbocycles. The van der Waals surface area contributed by atoms with Gasteiger partial charge in [-0.2, -0.15) is 0 Å². The lowest BCUT2D eigenvalue weighted by atomic mass is 10.5. The van der Waals surface area contributed by atoms with Crippen LogP contribution in [0.1, 0.15) is 24.4 Å². The first-order valence-corrected chi connectivity index (χ1v) is 4.72. The lowest BCUT2D eigenvalue weighted by Crippen LogP contribution is -1.94. The molecule has 0 spiro atoms. The molecule has 0 aromatic carbocycles. The third kappa shape index (κ3) is 3.02. The Morgan fingerprint density at radius 1 is 1.62 bits per heavy atom. The van der Waals surface area contributed by atoms with Crippen molar-refractivity contribution >= 4 is 23.8 Å². The van der Waals surface area contributed by atoms with E-state index in [-0.39, 0.29) is 5.76 Å². The van der Waals surface area contributed by atoms with Crippen molar-refractivity contribution in [1.29, 1.82) is 0 Å². The van der Waals surface area contributed by atoms with Gasteiger partial charge in [0.1, 0.15) is 0 Å². The third-order valence-electron chi connectivity index (χ3n) is 1.21. The zero-order valence-corrected chi connectivity index (χ0v) is 8.22.